The molecule has 1 N–H and O–H groups in total. The largest absolute Gasteiger partial charge is 0.490 e. The van der Waals surface area contributed by atoms with Crippen molar-refractivity contribution < 1.29 is 19.0 Å². The molecule has 0 saturated carbocycles. The summed E-state index contributed by atoms with van der Waals surface area (Å²) in [7, 11) is 0. The molecule has 29 heavy (non-hydrogen) atoms. The fourth-order valence-corrected chi connectivity index (χ4v) is 4.22. The Labute approximate surface area is 173 Å². The Morgan fingerprint density at radius 2 is 2.07 bits per heavy atom. The molecule has 1 aromatic heterocycles. The van der Waals surface area contributed by atoms with E-state index in [2.05, 4.69) is 15.6 Å². The van der Waals surface area contributed by atoms with Gasteiger partial charge in [0, 0.05) is 5.56 Å². The van der Waals surface area contributed by atoms with E-state index in [-0.39, 0.29) is 11.8 Å². The molecule has 0 aliphatic carbocycles. The molecule has 10 heteroatoms. The van der Waals surface area contributed by atoms with Crippen molar-refractivity contribution in [3.05, 3.63) is 52.4 Å². The van der Waals surface area contributed by atoms with Gasteiger partial charge in [-0.3, -0.25) is 9.59 Å². The lowest BCUT2D eigenvalue weighted by atomic mass is 10.1. The highest BCUT2D eigenvalue weighted by atomic mass is 32.2. The van der Waals surface area contributed by atoms with Crippen LogP contribution in [0.1, 0.15) is 15.9 Å². The summed E-state index contributed by atoms with van der Waals surface area (Å²) >= 11 is 6.23. The Morgan fingerprint density at radius 3 is 2.90 bits per heavy atom. The monoisotopic (exact) mass is 424 g/mol. The summed E-state index contributed by atoms with van der Waals surface area (Å²) in [6.45, 7) is 0.791. The van der Waals surface area contributed by atoms with E-state index in [1.54, 1.807) is 35.2 Å². The van der Waals surface area contributed by atoms with Crippen LogP contribution in [0.5, 0.6) is 5.75 Å². The molecular formula is C19H12N4O4S2. The van der Waals surface area contributed by atoms with E-state index in [0.29, 0.717) is 50.4 Å². The minimum atomic E-state index is -0.226. The number of aromatic nitrogens is 2. The second kappa shape index (κ2) is 6.98. The average molecular weight is 424 g/mol. The third-order valence-electron chi connectivity index (χ3n) is 4.53. The number of hydrogen-bond acceptors (Lipinski definition) is 8. The molecule has 5 rings (SSSR count). The maximum absolute atomic E-state index is 13.2. The lowest BCUT2D eigenvalue weighted by Gasteiger charge is -2.30. The van der Waals surface area contributed by atoms with Gasteiger partial charge >= 0.3 is 0 Å². The standard InChI is InChI=1S/C19H12N4O4S2/c24-17-16(29-19(28)20-17)8-10-1-4-15-14(7-10)23(5-6-26-15)18(25)11-2-3-12-13(9-11)22-27-21-12/h1-4,7-9H,5-6H2,(H,20,24,28). The fourth-order valence-electron chi connectivity index (χ4n) is 3.18. The van der Waals surface area contributed by atoms with Gasteiger partial charge in [0.1, 0.15) is 27.7 Å². The fraction of sp³-hybridized carbons (Fsp3) is 0.105. The van der Waals surface area contributed by atoms with Crippen molar-refractivity contribution in [3.63, 3.8) is 0 Å². The number of carbonyl (C=O) groups is 2. The number of benzene rings is 2. The van der Waals surface area contributed by atoms with Gasteiger partial charge in [0.15, 0.2) is 0 Å². The van der Waals surface area contributed by atoms with E-state index in [1.165, 1.54) is 11.8 Å². The van der Waals surface area contributed by atoms with Crippen molar-refractivity contribution in [1.82, 2.24) is 15.6 Å². The molecular weight excluding hydrogens is 412 g/mol. The normalized spacial score (nSPS) is 17.4. The maximum atomic E-state index is 13.2. The van der Waals surface area contributed by atoms with E-state index >= 15 is 0 Å². The minimum absolute atomic E-state index is 0.182. The van der Waals surface area contributed by atoms with Gasteiger partial charge in [0.05, 0.1) is 17.1 Å². The van der Waals surface area contributed by atoms with Crippen molar-refractivity contribution in [1.29, 1.82) is 0 Å². The maximum Gasteiger partial charge on any atom is 0.263 e. The Kier molecular flexibility index (Phi) is 4.29. The lowest BCUT2D eigenvalue weighted by Crippen LogP contribution is -2.38. The van der Waals surface area contributed by atoms with Crippen molar-refractivity contribution in [2.75, 3.05) is 18.1 Å². The van der Waals surface area contributed by atoms with E-state index in [9.17, 15) is 9.59 Å². The van der Waals surface area contributed by atoms with Crippen molar-refractivity contribution in [2.45, 2.75) is 0 Å². The van der Waals surface area contributed by atoms with Crippen LogP contribution in [0.2, 0.25) is 0 Å². The smallest absolute Gasteiger partial charge is 0.263 e. The third kappa shape index (κ3) is 3.26. The molecule has 3 heterocycles. The molecule has 2 aliphatic rings. The van der Waals surface area contributed by atoms with Gasteiger partial charge in [-0.1, -0.05) is 30.0 Å². The second-order valence-corrected chi connectivity index (χ2v) is 8.07. The predicted octanol–water partition coefficient (Wildman–Crippen LogP) is 2.75. The second-order valence-electron chi connectivity index (χ2n) is 6.35. The number of thioether (sulfide) groups is 1. The molecule has 8 nitrogen and oxygen atoms in total. The molecule has 3 aromatic rings. The first kappa shape index (κ1) is 17.8. The topological polar surface area (TPSA) is 97.6 Å². The Bertz CT molecular complexity index is 1220. The molecule has 144 valence electrons. The summed E-state index contributed by atoms with van der Waals surface area (Å²) < 4.78 is 10.8. The zero-order chi connectivity index (χ0) is 20.0. The number of anilines is 1. The highest BCUT2D eigenvalue weighted by Crippen LogP contribution is 2.35. The van der Waals surface area contributed by atoms with Gasteiger partial charge in [-0.05, 0) is 52.3 Å². The number of carbonyl (C=O) groups excluding carboxylic acids is 2. The molecule has 0 spiro atoms. The summed E-state index contributed by atoms with van der Waals surface area (Å²) in [6.07, 6.45) is 1.74. The van der Waals surface area contributed by atoms with E-state index < -0.39 is 0 Å². The van der Waals surface area contributed by atoms with Crippen LogP contribution in [0, 0.1) is 0 Å². The SMILES string of the molecule is O=C1NC(=S)SC1=Cc1ccc2c(c1)N(C(=O)c1ccc3nonc3c1)CCO2. The van der Waals surface area contributed by atoms with Gasteiger partial charge in [-0.15, -0.1) is 0 Å². The van der Waals surface area contributed by atoms with Gasteiger partial charge in [0.2, 0.25) is 0 Å². The van der Waals surface area contributed by atoms with Crippen LogP contribution in [-0.2, 0) is 4.79 Å². The Morgan fingerprint density at radius 1 is 1.21 bits per heavy atom. The first-order valence-corrected chi connectivity index (χ1v) is 9.87. The summed E-state index contributed by atoms with van der Waals surface area (Å²) in [5.74, 6) is 0.199. The highest BCUT2D eigenvalue weighted by molar-refractivity contribution is 8.26. The molecule has 0 bridgehead atoms. The summed E-state index contributed by atoms with van der Waals surface area (Å²) in [5.41, 5.74) is 2.98. The molecule has 2 aromatic carbocycles. The van der Waals surface area contributed by atoms with Gasteiger partial charge in [0.25, 0.3) is 11.8 Å². The molecule has 0 unspecified atom stereocenters. The minimum Gasteiger partial charge on any atom is -0.490 e. The zero-order valence-corrected chi connectivity index (χ0v) is 16.4. The van der Waals surface area contributed by atoms with Crippen LogP contribution in [0.3, 0.4) is 0 Å². The average Bonchev–Trinajstić information content (AvgIpc) is 3.32. The van der Waals surface area contributed by atoms with Gasteiger partial charge in [-0.25, -0.2) is 4.63 Å². The molecule has 0 radical (unpaired) electrons. The summed E-state index contributed by atoms with van der Waals surface area (Å²) in [4.78, 5) is 27.3. The number of rotatable bonds is 2. The third-order valence-corrected chi connectivity index (χ3v) is 5.69. The first-order valence-electron chi connectivity index (χ1n) is 8.64. The summed E-state index contributed by atoms with van der Waals surface area (Å²) in [5, 5.41) is 10.1. The van der Waals surface area contributed by atoms with Crippen LogP contribution in [0.25, 0.3) is 17.1 Å². The molecule has 2 amide bonds. The number of thiocarbonyl (C=S) groups is 1. The van der Waals surface area contributed by atoms with E-state index in [0.717, 1.165) is 5.56 Å². The number of nitrogens with zero attached hydrogens (tertiary/aromatic N) is 3. The number of hydrogen-bond donors (Lipinski definition) is 1. The van der Waals surface area contributed by atoms with Crippen molar-refractivity contribution >= 4 is 62.9 Å². The molecule has 2 aliphatic heterocycles. The zero-order valence-electron chi connectivity index (χ0n) is 14.7. The van der Waals surface area contributed by atoms with Crippen molar-refractivity contribution in [3.8, 4) is 5.75 Å². The number of fused-ring (bicyclic) bond motifs is 2. The predicted molar refractivity (Wildman–Crippen MR) is 112 cm³/mol. The highest BCUT2D eigenvalue weighted by Gasteiger charge is 2.26. The van der Waals surface area contributed by atoms with E-state index in [4.69, 9.17) is 21.6 Å². The number of amides is 2. The number of nitrogens with one attached hydrogen (secondary N) is 1. The van der Waals surface area contributed by atoms with Crippen LogP contribution in [0.15, 0.2) is 45.9 Å². The molecule has 1 saturated heterocycles. The van der Waals surface area contributed by atoms with Crippen molar-refractivity contribution in [2.24, 2.45) is 0 Å². The number of ether oxygens (including phenoxy) is 1. The van der Waals surface area contributed by atoms with Crippen LogP contribution in [-0.4, -0.2) is 39.6 Å². The quantitative estimate of drug-likeness (QED) is 0.495. The molecule has 0 atom stereocenters. The Balaban J connectivity index is 1.50. The van der Waals surface area contributed by atoms with Gasteiger partial charge < -0.3 is 15.0 Å². The van der Waals surface area contributed by atoms with E-state index in [1.807, 2.05) is 12.1 Å². The van der Waals surface area contributed by atoms with Crippen LogP contribution < -0.4 is 15.0 Å². The Hall–Kier alpha value is -3.24. The van der Waals surface area contributed by atoms with Crippen LogP contribution in [0.4, 0.5) is 5.69 Å². The van der Waals surface area contributed by atoms with Gasteiger partial charge in [-0.2, -0.15) is 0 Å². The first-order chi connectivity index (χ1) is 14.1. The summed E-state index contributed by atoms with van der Waals surface area (Å²) in [6, 6.07) is 10.5. The molecule has 1 fully saturated rings. The van der Waals surface area contributed by atoms with Crippen LogP contribution >= 0.6 is 24.0 Å². The lowest BCUT2D eigenvalue weighted by molar-refractivity contribution is -0.115.